The third kappa shape index (κ3) is 4.26. The van der Waals surface area contributed by atoms with Gasteiger partial charge in [0, 0.05) is 36.7 Å². The number of fused-ring (bicyclic) bond motifs is 1. The van der Waals surface area contributed by atoms with Gasteiger partial charge >= 0.3 is 0 Å². The standard InChI is InChI=1S/C26H39N3O2/c1-4-8-21(9-5-2)24(30)28-18-22(26(19-28)13-16-27(3)17-14-26)25(31)29-15-12-20-10-6-7-11-23(20)29/h6-7,10-11,21-22H,4-5,8-9,12-19H2,1-3H3. The second-order valence-electron chi connectivity index (χ2n) is 10.1. The largest absolute Gasteiger partial charge is 0.341 e. The van der Waals surface area contributed by atoms with Crippen LogP contribution < -0.4 is 4.90 Å². The first-order valence-corrected chi connectivity index (χ1v) is 12.4. The molecule has 0 N–H and O–H groups in total. The number of piperidine rings is 1. The summed E-state index contributed by atoms with van der Waals surface area (Å²) in [6.07, 6.45) is 6.92. The van der Waals surface area contributed by atoms with Crippen LogP contribution in [0.15, 0.2) is 24.3 Å². The molecule has 1 aromatic rings. The van der Waals surface area contributed by atoms with E-state index in [1.165, 1.54) is 5.56 Å². The second-order valence-corrected chi connectivity index (χ2v) is 10.1. The highest BCUT2D eigenvalue weighted by Gasteiger charge is 2.53. The summed E-state index contributed by atoms with van der Waals surface area (Å²) in [4.78, 5) is 33.9. The lowest BCUT2D eigenvalue weighted by Crippen LogP contribution is -2.48. The average Bonchev–Trinajstić information content (AvgIpc) is 3.37. The molecule has 3 aliphatic rings. The minimum absolute atomic E-state index is 0.0697. The molecule has 1 spiro atoms. The lowest BCUT2D eigenvalue weighted by atomic mass is 9.70. The summed E-state index contributed by atoms with van der Waals surface area (Å²) in [6.45, 7) is 8.48. The van der Waals surface area contributed by atoms with Crippen molar-refractivity contribution in [3.05, 3.63) is 29.8 Å². The molecule has 0 saturated carbocycles. The molecule has 1 atom stereocenters. The maximum atomic E-state index is 13.9. The molecule has 2 saturated heterocycles. The van der Waals surface area contributed by atoms with Crippen molar-refractivity contribution in [2.75, 3.05) is 44.7 Å². The van der Waals surface area contributed by atoms with Gasteiger partial charge in [0.05, 0.1) is 5.92 Å². The topological polar surface area (TPSA) is 43.9 Å². The van der Waals surface area contributed by atoms with E-state index in [-0.39, 0.29) is 23.2 Å². The van der Waals surface area contributed by atoms with Crippen molar-refractivity contribution in [2.45, 2.75) is 58.8 Å². The zero-order valence-corrected chi connectivity index (χ0v) is 19.6. The van der Waals surface area contributed by atoms with E-state index in [1.54, 1.807) is 0 Å². The van der Waals surface area contributed by atoms with E-state index in [1.807, 2.05) is 11.0 Å². The van der Waals surface area contributed by atoms with Crippen LogP contribution >= 0.6 is 0 Å². The van der Waals surface area contributed by atoms with Gasteiger partial charge in [0.15, 0.2) is 0 Å². The fourth-order valence-corrected chi connectivity index (χ4v) is 6.15. The van der Waals surface area contributed by atoms with Crippen LogP contribution in [0.1, 0.15) is 57.9 Å². The van der Waals surface area contributed by atoms with Crippen LogP contribution in [0.2, 0.25) is 0 Å². The second kappa shape index (κ2) is 9.32. The number of rotatable bonds is 6. The van der Waals surface area contributed by atoms with E-state index in [0.717, 1.165) is 76.8 Å². The Morgan fingerprint density at radius 1 is 1.06 bits per heavy atom. The Labute approximate surface area is 187 Å². The van der Waals surface area contributed by atoms with Crippen LogP contribution in [0.5, 0.6) is 0 Å². The molecule has 31 heavy (non-hydrogen) atoms. The molecule has 5 nitrogen and oxygen atoms in total. The number of carbonyl (C=O) groups is 2. The predicted molar refractivity (Wildman–Crippen MR) is 125 cm³/mol. The number of hydrogen-bond acceptors (Lipinski definition) is 3. The number of nitrogens with zero attached hydrogens (tertiary/aromatic N) is 3. The quantitative estimate of drug-likeness (QED) is 0.693. The molecular formula is C26H39N3O2. The van der Waals surface area contributed by atoms with Crippen molar-refractivity contribution in [3.63, 3.8) is 0 Å². The highest BCUT2D eigenvalue weighted by atomic mass is 16.2. The molecule has 0 aromatic heterocycles. The maximum absolute atomic E-state index is 13.9. The molecule has 5 heteroatoms. The minimum atomic E-state index is -0.0831. The van der Waals surface area contributed by atoms with E-state index >= 15 is 0 Å². The molecule has 1 unspecified atom stereocenters. The molecule has 170 valence electrons. The molecule has 1 aromatic carbocycles. The van der Waals surface area contributed by atoms with Gasteiger partial charge in [-0.05, 0) is 63.9 Å². The average molecular weight is 426 g/mol. The van der Waals surface area contributed by atoms with Crippen LogP contribution in [0.3, 0.4) is 0 Å². The first-order valence-electron chi connectivity index (χ1n) is 12.4. The fraction of sp³-hybridized carbons (Fsp3) is 0.692. The monoisotopic (exact) mass is 425 g/mol. The molecule has 4 rings (SSSR count). The molecular weight excluding hydrogens is 386 g/mol. The molecule has 3 aliphatic heterocycles. The third-order valence-corrected chi connectivity index (χ3v) is 8.02. The van der Waals surface area contributed by atoms with Crippen LogP contribution in [-0.4, -0.2) is 61.4 Å². The van der Waals surface area contributed by atoms with Gasteiger partial charge in [0.1, 0.15) is 0 Å². The van der Waals surface area contributed by atoms with Crippen molar-refractivity contribution in [2.24, 2.45) is 17.3 Å². The molecule has 0 radical (unpaired) electrons. The van der Waals surface area contributed by atoms with Crippen molar-refractivity contribution in [3.8, 4) is 0 Å². The summed E-state index contributed by atoms with van der Waals surface area (Å²) in [5.41, 5.74) is 2.28. The van der Waals surface area contributed by atoms with Gasteiger partial charge in [0.2, 0.25) is 11.8 Å². The number of para-hydroxylation sites is 1. The number of anilines is 1. The molecule has 0 bridgehead atoms. The third-order valence-electron chi connectivity index (χ3n) is 8.02. The van der Waals surface area contributed by atoms with Crippen molar-refractivity contribution >= 4 is 17.5 Å². The Morgan fingerprint density at radius 2 is 1.74 bits per heavy atom. The fourth-order valence-electron chi connectivity index (χ4n) is 6.15. The van der Waals surface area contributed by atoms with E-state index in [0.29, 0.717) is 12.5 Å². The minimum Gasteiger partial charge on any atom is -0.341 e. The lowest BCUT2D eigenvalue weighted by Gasteiger charge is -2.41. The Bertz CT molecular complexity index is 794. The molecule has 0 aliphatic carbocycles. The molecule has 2 amide bonds. The van der Waals surface area contributed by atoms with E-state index < -0.39 is 0 Å². The van der Waals surface area contributed by atoms with E-state index in [9.17, 15) is 9.59 Å². The number of benzene rings is 1. The summed E-state index contributed by atoms with van der Waals surface area (Å²) >= 11 is 0. The smallest absolute Gasteiger partial charge is 0.232 e. The summed E-state index contributed by atoms with van der Waals surface area (Å²) in [5, 5.41) is 0. The Balaban J connectivity index is 1.59. The zero-order chi connectivity index (χ0) is 22.0. The van der Waals surface area contributed by atoms with Crippen molar-refractivity contribution < 1.29 is 9.59 Å². The Kier molecular flexibility index (Phi) is 6.71. The van der Waals surface area contributed by atoms with Crippen molar-refractivity contribution in [1.82, 2.24) is 9.80 Å². The Morgan fingerprint density at radius 3 is 2.42 bits per heavy atom. The van der Waals surface area contributed by atoms with Gasteiger partial charge in [-0.3, -0.25) is 9.59 Å². The van der Waals surface area contributed by atoms with Crippen LogP contribution in [0, 0.1) is 17.3 Å². The predicted octanol–water partition coefficient (Wildman–Crippen LogP) is 3.96. The summed E-state index contributed by atoms with van der Waals surface area (Å²) in [7, 11) is 2.16. The van der Waals surface area contributed by atoms with Gasteiger partial charge < -0.3 is 14.7 Å². The number of likely N-dealkylation sites (tertiary alicyclic amines) is 2. The van der Waals surface area contributed by atoms with E-state index in [4.69, 9.17) is 0 Å². The highest BCUT2D eigenvalue weighted by Crippen LogP contribution is 2.47. The SMILES string of the molecule is CCCC(CCC)C(=O)N1CC(C(=O)N2CCc3ccccc32)C2(CCN(C)CC2)C1. The zero-order valence-electron chi connectivity index (χ0n) is 19.6. The van der Waals surface area contributed by atoms with Gasteiger partial charge in [-0.2, -0.15) is 0 Å². The van der Waals surface area contributed by atoms with Gasteiger partial charge in [-0.1, -0.05) is 44.9 Å². The van der Waals surface area contributed by atoms with Crippen LogP contribution in [0.25, 0.3) is 0 Å². The summed E-state index contributed by atoms with van der Waals surface area (Å²) in [5.74, 6) is 0.561. The molecule has 3 heterocycles. The van der Waals surface area contributed by atoms with Gasteiger partial charge in [-0.15, -0.1) is 0 Å². The Hall–Kier alpha value is -1.88. The van der Waals surface area contributed by atoms with Crippen LogP contribution in [0.4, 0.5) is 5.69 Å². The number of carbonyl (C=O) groups excluding carboxylic acids is 2. The van der Waals surface area contributed by atoms with E-state index in [2.05, 4.69) is 48.9 Å². The highest BCUT2D eigenvalue weighted by molar-refractivity contribution is 5.98. The first kappa shape index (κ1) is 22.3. The van der Waals surface area contributed by atoms with Gasteiger partial charge in [-0.25, -0.2) is 0 Å². The number of hydrogen-bond donors (Lipinski definition) is 0. The van der Waals surface area contributed by atoms with Crippen molar-refractivity contribution in [1.29, 1.82) is 0 Å². The van der Waals surface area contributed by atoms with Crippen LogP contribution in [-0.2, 0) is 16.0 Å². The summed E-state index contributed by atoms with van der Waals surface area (Å²) < 4.78 is 0. The number of amides is 2. The molecule has 2 fully saturated rings. The van der Waals surface area contributed by atoms with Gasteiger partial charge in [0.25, 0.3) is 0 Å². The summed E-state index contributed by atoms with van der Waals surface area (Å²) in [6, 6.07) is 8.31. The normalized spacial score (nSPS) is 23.0. The lowest BCUT2D eigenvalue weighted by molar-refractivity contribution is -0.135. The first-order chi connectivity index (χ1) is 15.0. The maximum Gasteiger partial charge on any atom is 0.232 e.